The van der Waals surface area contributed by atoms with Gasteiger partial charge in [-0.3, -0.25) is 10.1 Å². The zero-order valence-electron chi connectivity index (χ0n) is 9.04. The van der Waals surface area contributed by atoms with Crippen LogP contribution >= 0.6 is 29.1 Å². The molecule has 1 aromatic rings. The maximum atomic E-state index is 10.5. The molecule has 0 aliphatic carbocycles. The van der Waals surface area contributed by atoms with Crippen molar-refractivity contribution in [2.75, 3.05) is 17.7 Å². The smallest absolute Gasteiger partial charge is 0.269 e. The zero-order valence-corrected chi connectivity index (χ0v) is 12.9. The van der Waals surface area contributed by atoms with Crippen molar-refractivity contribution in [3.8, 4) is 5.75 Å². The molecule has 0 heterocycles. The van der Waals surface area contributed by atoms with Crippen molar-refractivity contribution < 1.29 is 14.0 Å². The Hall–Kier alpha value is -0.240. The number of halogens is 1. The van der Waals surface area contributed by atoms with E-state index in [1.807, 2.05) is 0 Å². The van der Waals surface area contributed by atoms with Crippen LogP contribution in [0.5, 0.6) is 5.75 Å². The van der Waals surface area contributed by atoms with E-state index >= 15 is 0 Å². The summed E-state index contributed by atoms with van der Waals surface area (Å²) in [6.45, 7) is -0.0359. The first-order valence-corrected chi connectivity index (χ1v) is 9.28. The molecule has 0 bridgehead atoms. The molecule has 0 aromatic heterocycles. The van der Waals surface area contributed by atoms with Crippen molar-refractivity contribution in [1.82, 2.24) is 0 Å². The topological polar surface area (TPSA) is 61.6 Å². The van der Waals surface area contributed by atoms with E-state index in [2.05, 4.69) is 22.6 Å². The van der Waals surface area contributed by atoms with Crippen LogP contribution in [0.3, 0.4) is 0 Å². The Kier molecular flexibility index (Phi) is 5.78. The van der Waals surface area contributed by atoms with E-state index in [4.69, 9.17) is 20.9 Å². The van der Waals surface area contributed by atoms with Crippen molar-refractivity contribution in [3.63, 3.8) is 0 Å². The fourth-order valence-corrected chi connectivity index (χ4v) is 3.08. The largest absolute Gasteiger partial charge is 0.444 e. The normalized spacial score (nSPS) is 14.0. The van der Waals surface area contributed by atoms with E-state index < -0.39 is 11.4 Å². The average molecular weight is 387 g/mol. The molecule has 1 unspecified atom stereocenters. The van der Waals surface area contributed by atoms with Crippen molar-refractivity contribution in [3.05, 3.63) is 34.4 Å². The van der Waals surface area contributed by atoms with Gasteiger partial charge in [0.25, 0.3) is 5.69 Å². The SMILES string of the molecule is CP(=S)(OCCI)Oc1ccc([N+](=O)[O-])cc1. The van der Waals surface area contributed by atoms with Crippen molar-refractivity contribution in [2.45, 2.75) is 0 Å². The highest BCUT2D eigenvalue weighted by atomic mass is 127. The Bertz CT molecular complexity index is 439. The van der Waals surface area contributed by atoms with Crippen molar-refractivity contribution >= 4 is 46.6 Å². The molecular weight excluding hydrogens is 376 g/mol. The molecule has 0 spiro atoms. The minimum Gasteiger partial charge on any atom is -0.444 e. The van der Waals surface area contributed by atoms with E-state index in [0.29, 0.717) is 12.4 Å². The maximum absolute atomic E-state index is 10.5. The summed E-state index contributed by atoms with van der Waals surface area (Å²) in [5.74, 6) is 0.495. The third kappa shape index (κ3) is 5.29. The molecule has 0 saturated heterocycles. The van der Waals surface area contributed by atoms with Gasteiger partial charge in [0.1, 0.15) is 5.75 Å². The average Bonchev–Trinajstić information content (AvgIpc) is 2.26. The quantitative estimate of drug-likeness (QED) is 0.246. The molecule has 1 aromatic carbocycles. The second-order valence-corrected chi connectivity index (χ2v) is 8.19. The first-order chi connectivity index (χ1) is 7.94. The standard InChI is InChI=1S/C9H11INO4PS/c1-16(17,14-7-6-10)15-9-4-2-8(3-5-9)11(12)13/h2-5H,6-7H2,1H3. The van der Waals surface area contributed by atoms with Gasteiger partial charge in [0.15, 0.2) is 0 Å². The Labute approximate surface area is 118 Å². The summed E-state index contributed by atoms with van der Waals surface area (Å²) < 4.78 is 11.8. The number of rotatable bonds is 6. The summed E-state index contributed by atoms with van der Waals surface area (Å²) in [6.07, 6.45) is 0. The lowest BCUT2D eigenvalue weighted by atomic mass is 10.3. The molecule has 0 radical (unpaired) electrons. The van der Waals surface area contributed by atoms with Gasteiger partial charge < -0.3 is 9.05 Å². The predicted octanol–water partition coefficient (Wildman–Crippen LogP) is 3.36. The van der Waals surface area contributed by atoms with Crippen LogP contribution in [0.25, 0.3) is 0 Å². The number of non-ortho nitro benzene ring substituents is 1. The Balaban J connectivity index is 2.68. The van der Waals surface area contributed by atoms with Crippen LogP contribution < -0.4 is 4.52 Å². The Morgan fingerprint density at radius 3 is 2.53 bits per heavy atom. The summed E-state index contributed by atoms with van der Waals surface area (Å²) in [6, 6.07) is 5.80. The second kappa shape index (κ2) is 6.63. The molecule has 1 atom stereocenters. The molecule has 94 valence electrons. The van der Waals surface area contributed by atoms with E-state index in [-0.39, 0.29) is 5.69 Å². The molecule has 0 saturated carbocycles. The first-order valence-electron chi connectivity index (χ1n) is 4.67. The summed E-state index contributed by atoms with van der Waals surface area (Å²) in [5, 5.41) is 10.5. The molecule has 8 heteroatoms. The van der Waals surface area contributed by atoms with Crippen LogP contribution in [0, 0.1) is 10.1 Å². The minimum atomic E-state index is -2.31. The fourth-order valence-electron chi connectivity index (χ4n) is 1.05. The third-order valence-electron chi connectivity index (χ3n) is 1.72. The number of hydrogen-bond donors (Lipinski definition) is 0. The summed E-state index contributed by atoms with van der Waals surface area (Å²) >= 11 is 7.39. The molecule has 0 amide bonds. The summed E-state index contributed by atoms with van der Waals surface area (Å²) in [4.78, 5) is 10.0. The van der Waals surface area contributed by atoms with Gasteiger partial charge in [-0.25, -0.2) is 0 Å². The van der Waals surface area contributed by atoms with Crippen molar-refractivity contribution in [2.24, 2.45) is 0 Å². The van der Waals surface area contributed by atoms with Gasteiger partial charge in [-0.15, -0.1) is 0 Å². The highest BCUT2D eigenvalue weighted by Crippen LogP contribution is 2.44. The Morgan fingerprint density at radius 1 is 1.47 bits per heavy atom. The van der Waals surface area contributed by atoms with E-state index in [0.717, 1.165) is 4.43 Å². The molecular formula is C9H11INO4PS. The molecule has 0 aliphatic rings. The molecule has 1 rings (SSSR count). The third-order valence-corrected chi connectivity index (χ3v) is 3.90. The maximum Gasteiger partial charge on any atom is 0.269 e. The predicted molar refractivity (Wildman–Crippen MR) is 78.8 cm³/mol. The lowest BCUT2D eigenvalue weighted by molar-refractivity contribution is -0.384. The molecule has 5 nitrogen and oxygen atoms in total. The van der Waals surface area contributed by atoms with Crippen LogP contribution in [0.15, 0.2) is 24.3 Å². The molecule has 0 fully saturated rings. The van der Waals surface area contributed by atoms with Crippen LogP contribution in [0.4, 0.5) is 5.69 Å². The number of benzene rings is 1. The number of nitrogens with zero attached hydrogens (tertiary/aromatic N) is 1. The van der Waals surface area contributed by atoms with Gasteiger partial charge in [-0.05, 0) is 23.9 Å². The lowest BCUT2D eigenvalue weighted by Gasteiger charge is -2.18. The Morgan fingerprint density at radius 2 is 2.06 bits per heavy atom. The zero-order chi connectivity index (χ0) is 12.9. The minimum absolute atomic E-state index is 0.0231. The summed E-state index contributed by atoms with van der Waals surface area (Å²) in [5.41, 5.74) is 0.0231. The molecule has 0 N–H and O–H groups in total. The van der Waals surface area contributed by atoms with Gasteiger partial charge in [0.2, 0.25) is 6.49 Å². The van der Waals surface area contributed by atoms with Crippen molar-refractivity contribution in [1.29, 1.82) is 0 Å². The number of hydrogen-bond acceptors (Lipinski definition) is 5. The van der Waals surface area contributed by atoms with Gasteiger partial charge in [0, 0.05) is 23.2 Å². The first kappa shape index (κ1) is 14.8. The number of nitro benzene ring substituents is 1. The van der Waals surface area contributed by atoms with Crippen LogP contribution in [-0.2, 0) is 16.3 Å². The van der Waals surface area contributed by atoms with Crippen LogP contribution in [-0.4, -0.2) is 22.6 Å². The van der Waals surface area contributed by atoms with E-state index in [9.17, 15) is 10.1 Å². The number of alkyl halides is 1. The van der Waals surface area contributed by atoms with E-state index in [1.54, 1.807) is 6.66 Å². The highest BCUT2D eigenvalue weighted by molar-refractivity contribution is 14.1. The van der Waals surface area contributed by atoms with Crippen LogP contribution in [0.1, 0.15) is 0 Å². The van der Waals surface area contributed by atoms with Gasteiger partial charge in [-0.2, -0.15) is 0 Å². The summed E-state index contributed by atoms with van der Waals surface area (Å²) in [7, 11) is 0. The number of nitro groups is 1. The van der Waals surface area contributed by atoms with Crippen LogP contribution in [0.2, 0.25) is 0 Å². The second-order valence-electron chi connectivity index (χ2n) is 3.14. The monoisotopic (exact) mass is 387 g/mol. The van der Waals surface area contributed by atoms with Gasteiger partial charge in [-0.1, -0.05) is 22.6 Å². The molecule has 0 aliphatic heterocycles. The van der Waals surface area contributed by atoms with E-state index in [1.165, 1.54) is 24.3 Å². The fraction of sp³-hybridized carbons (Fsp3) is 0.333. The van der Waals surface area contributed by atoms with Gasteiger partial charge >= 0.3 is 0 Å². The lowest BCUT2D eigenvalue weighted by Crippen LogP contribution is -1.98. The van der Waals surface area contributed by atoms with Gasteiger partial charge in [0.05, 0.1) is 11.5 Å². The molecule has 17 heavy (non-hydrogen) atoms. The highest BCUT2D eigenvalue weighted by Gasteiger charge is 2.13.